The lowest BCUT2D eigenvalue weighted by atomic mass is 9.94. The van der Waals surface area contributed by atoms with Crippen LogP contribution in [0.25, 0.3) is 0 Å². The van der Waals surface area contributed by atoms with Crippen LogP contribution in [-0.2, 0) is 4.79 Å². The zero-order valence-corrected chi connectivity index (χ0v) is 15.1. The molecule has 4 rings (SSSR count). The summed E-state index contributed by atoms with van der Waals surface area (Å²) < 4.78 is 0. The molecule has 134 valence electrons. The van der Waals surface area contributed by atoms with Crippen LogP contribution in [0, 0.1) is 5.92 Å². The summed E-state index contributed by atoms with van der Waals surface area (Å²) in [6.07, 6.45) is 4.34. The molecule has 3 heterocycles. The van der Waals surface area contributed by atoms with E-state index in [1.807, 2.05) is 49.5 Å². The number of piperidine rings is 1. The van der Waals surface area contributed by atoms with E-state index in [1.165, 1.54) is 0 Å². The van der Waals surface area contributed by atoms with Gasteiger partial charge in [-0.2, -0.15) is 5.10 Å². The van der Waals surface area contributed by atoms with Gasteiger partial charge in [-0.1, -0.05) is 36.4 Å². The molecule has 5 heteroatoms. The molecule has 2 aromatic rings. The summed E-state index contributed by atoms with van der Waals surface area (Å²) >= 11 is 0. The average Bonchev–Trinajstić information content (AvgIpc) is 3.11. The Morgan fingerprint density at radius 3 is 2.46 bits per heavy atom. The van der Waals surface area contributed by atoms with Gasteiger partial charge in [-0.25, -0.2) is 9.99 Å². The minimum atomic E-state index is 0.0378. The second kappa shape index (κ2) is 7.28. The molecule has 1 saturated heterocycles. The zero-order valence-electron chi connectivity index (χ0n) is 15.1. The lowest BCUT2D eigenvalue weighted by Gasteiger charge is -2.34. The van der Waals surface area contributed by atoms with Crippen molar-refractivity contribution < 1.29 is 4.79 Å². The van der Waals surface area contributed by atoms with E-state index in [9.17, 15) is 4.79 Å². The first kappa shape index (κ1) is 16.8. The number of aromatic nitrogens is 1. The SMILES string of the molecule is CC1=NN(C(=O)C2CCN(c3ccccn3)CC2)C(c2ccccc2)C1. The summed E-state index contributed by atoms with van der Waals surface area (Å²) in [4.78, 5) is 19.8. The maximum atomic E-state index is 13.2. The monoisotopic (exact) mass is 348 g/mol. The van der Waals surface area contributed by atoms with Gasteiger partial charge < -0.3 is 4.90 Å². The molecule has 1 fully saturated rings. The van der Waals surface area contributed by atoms with Gasteiger partial charge in [0, 0.05) is 37.3 Å². The number of benzene rings is 1. The number of hydrogen-bond acceptors (Lipinski definition) is 4. The minimum absolute atomic E-state index is 0.0378. The fraction of sp³-hybridized carbons (Fsp3) is 0.381. The Balaban J connectivity index is 1.44. The molecule has 0 spiro atoms. The normalized spacial score (nSPS) is 21.0. The number of carbonyl (C=O) groups excluding carboxylic acids is 1. The molecule has 1 unspecified atom stereocenters. The van der Waals surface area contributed by atoms with E-state index < -0.39 is 0 Å². The standard InChI is InChI=1S/C21H24N4O/c1-16-15-19(17-7-3-2-4-8-17)25(23-16)21(26)18-10-13-24(14-11-18)20-9-5-6-12-22-20/h2-9,12,18-19H,10-11,13-15H2,1H3. The van der Waals surface area contributed by atoms with Crippen molar-refractivity contribution in [3.05, 3.63) is 60.3 Å². The topological polar surface area (TPSA) is 48.8 Å². The van der Waals surface area contributed by atoms with Gasteiger partial charge in [-0.05, 0) is 37.5 Å². The number of nitrogens with zero attached hydrogens (tertiary/aromatic N) is 4. The van der Waals surface area contributed by atoms with Gasteiger partial charge in [0.25, 0.3) is 0 Å². The summed E-state index contributed by atoms with van der Waals surface area (Å²) in [6, 6.07) is 16.2. The van der Waals surface area contributed by atoms with Crippen LogP contribution in [0.15, 0.2) is 59.8 Å². The Labute approximate surface area is 154 Å². The van der Waals surface area contributed by atoms with Crippen LogP contribution in [0.4, 0.5) is 5.82 Å². The molecule has 0 saturated carbocycles. The van der Waals surface area contributed by atoms with Crippen LogP contribution in [0.5, 0.6) is 0 Å². The number of pyridine rings is 1. The lowest BCUT2D eigenvalue weighted by Crippen LogP contribution is -2.41. The Morgan fingerprint density at radius 1 is 1.04 bits per heavy atom. The zero-order chi connectivity index (χ0) is 17.9. The fourth-order valence-electron chi connectivity index (χ4n) is 3.88. The lowest BCUT2D eigenvalue weighted by molar-refractivity contribution is -0.138. The third kappa shape index (κ3) is 3.34. The van der Waals surface area contributed by atoms with Crippen molar-refractivity contribution in [1.82, 2.24) is 9.99 Å². The number of anilines is 1. The molecule has 2 aliphatic rings. The van der Waals surface area contributed by atoms with Crippen LogP contribution >= 0.6 is 0 Å². The maximum Gasteiger partial charge on any atom is 0.246 e. The molecule has 0 radical (unpaired) electrons. The van der Waals surface area contributed by atoms with E-state index in [4.69, 9.17) is 0 Å². The van der Waals surface area contributed by atoms with Crippen molar-refractivity contribution in [2.45, 2.75) is 32.2 Å². The van der Waals surface area contributed by atoms with Crippen molar-refractivity contribution in [3.63, 3.8) is 0 Å². The van der Waals surface area contributed by atoms with E-state index in [1.54, 1.807) is 5.01 Å². The van der Waals surface area contributed by atoms with E-state index in [-0.39, 0.29) is 17.9 Å². The summed E-state index contributed by atoms with van der Waals surface area (Å²) in [6.45, 7) is 3.73. The predicted octanol–water partition coefficient (Wildman–Crippen LogP) is 3.65. The Hall–Kier alpha value is -2.69. The van der Waals surface area contributed by atoms with Gasteiger partial charge in [0.1, 0.15) is 5.82 Å². The number of amides is 1. The van der Waals surface area contributed by atoms with Gasteiger partial charge in [0.2, 0.25) is 5.91 Å². The van der Waals surface area contributed by atoms with Gasteiger partial charge >= 0.3 is 0 Å². The molecule has 5 nitrogen and oxygen atoms in total. The molecule has 0 N–H and O–H groups in total. The van der Waals surface area contributed by atoms with E-state index in [0.717, 1.165) is 49.4 Å². The maximum absolute atomic E-state index is 13.2. The second-order valence-electron chi connectivity index (χ2n) is 7.10. The van der Waals surface area contributed by atoms with Crippen LogP contribution in [-0.4, -0.2) is 34.7 Å². The molecular formula is C21H24N4O. The first-order chi connectivity index (χ1) is 12.7. The largest absolute Gasteiger partial charge is 0.357 e. The summed E-state index contributed by atoms with van der Waals surface area (Å²) in [7, 11) is 0. The Kier molecular flexibility index (Phi) is 4.69. The van der Waals surface area contributed by atoms with Crippen LogP contribution < -0.4 is 4.90 Å². The van der Waals surface area contributed by atoms with Gasteiger partial charge in [-0.3, -0.25) is 4.79 Å². The smallest absolute Gasteiger partial charge is 0.246 e. The molecule has 1 amide bonds. The number of carbonyl (C=O) groups is 1. The summed E-state index contributed by atoms with van der Waals surface area (Å²) in [5.41, 5.74) is 2.19. The molecule has 26 heavy (non-hydrogen) atoms. The highest BCUT2D eigenvalue weighted by Crippen LogP contribution is 2.33. The van der Waals surface area contributed by atoms with Crippen molar-refractivity contribution in [2.24, 2.45) is 11.0 Å². The second-order valence-corrected chi connectivity index (χ2v) is 7.10. The van der Waals surface area contributed by atoms with Crippen molar-refractivity contribution >= 4 is 17.4 Å². The van der Waals surface area contributed by atoms with Crippen molar-refractivity contribution in [1.29, 1.82) is 0 Å². The number of hydrazone groups is 1. The van der Waals surface area contributed by atoms with Gasteiger partial charge in [0.05, 0.1) is 6.04 Å². The summed E-state index contributed by atoms with van der Waals surface area (Å²) in [5, 5.41) is 6.31. The van der Waals surface area contributed by atoms with Crippen molar-refractivity contribution in [2.75, 3.05) is 18.0 Å². The van der Waals surface area contributed by atoms with E-state index >= 15 is 0 Å². The van der Waals surface area contributed by atoms with Crippen LogP contribution in [0.1, 0.15) is 37.8 Å². The highest BCUT2D eigenvalue weighted by molar-refractivity contribution is 5.89. The fourth-order valence-corrected chi connectivity index (χ4v) is 3.88. The molecule has 0 bridgehead atoms. The van der Waals surface area contributed by atoms with Gasteiger partial charge in [0.15, 0.2) is 0 Å². The Bertz CT molecular complexity index is 782. The predicted molar refractivity (Wildman–Crippen MR) is 103 cm³/mol. The van der Waals surface area contributed by atoms with E-state index in [2.05, 4.69) is 27.1 Å². The van der Waals surface area contributed by atoms with Crippen LogP contribution in [0.3, 0.4) is 0 Å². The quantitative estimate of drug-likeness (QED) is 0.851. The first-order valence-corrected chi connectivity index (χ1v) is 9.30. The molecule has 1 aromatic heterocycles. The molecular weight excluding hydrogens is 324 g/mol. The van der Waals surface area contributed by atoms with Crippen LogP contribution in [0.2, 0.25) is 0 Å². The van der Waals surface area contributed by atoms with Gasteiger partial charge in [-0.15, -0.1) is 0 Å². The highest BCUT2D eigenvalue weighted by atomic mass is 16.2. The molecule has 1 aromatic carbocycles. The molecule has 2 aliphatic heterocycles. The average molecular weight is 348 g/mol. The molecule has 1 atom stereocenters. The Morgan fingerprint density at radius 2 is 1.77 bits per heavy atom. The third-order valence-electron chi connectivity index (χ3n) is 5.29. The minimum Gasteiger partial charge on any atom is -0.357 e. The van der Waals surface area contributed by atoms with Crippen molar-refractivity contribution in [3.8, 4) is 0 Å². The third-order valence-corrected chi connectivity index (χ3v) is 5.29. The first-order valence-electron chi connectivity index (χ1n) is 9.30. The highest BCUT2D eigenvalue weighted by Gasteiger charge is 2.36. The molecule has 0 aliphatic carbocycles. The number of rotatable bonds is 3. The number of hydrogen-bond donors (Lipinski definition) is 0. The van der Waals surface area contributed by atoms with E-state index in [0.29, 0.717) is 0 Å². The summed E-state index contributed by atoms with van der Waals surface area (Å²) in [5.74, 6) is 1.20.